The van der Waals surface area contributed by atoms with Crippen LogP contribution in [0.2, 0.25) is 0 Å². The van der Waals surface area contributed by atoms with Crippen molar-refractivity contribution >= 4 is 52.7 Å². The zero-order valence-corrected chi connectivity index (χ0v) is 10.5. The average molecular weight is 359 g/mol. The summed E-state index contributed by atoms with van der Waals surface area (Å²) in [6, 6.07) is 0. The Labute approximate surface area is 89.9 Å². The molecule has 0 aliphatic rings. The molecule has 68 valence electrons. The third-order valence-corrected chi connectivity index (χ3v) is 1.25. The van der Waals surface area contributed by atoms with Gasteiger partial charge in [0.05, 0.1) is 0 Å². The van der Waals surface area contributed by atoms with Gasteiger partial charge in [-0.3, -0.25) is 0 Å². The number of hydrogen-bond acceptors (Lipinski definition) is 1. The lowest BCUT2D eigenvalue weighted by molar-refractivity contribution is 0.223. The van der Waals surface area contributed by atoms with E-state index in [0.29, 0.717) is 6.42 Å². The van der Waals surface area contributed by atoms with Crippen LogP contribution in [0.15, 0.2) is 0 Å². The Kier molecular flexibility index (Phi) is 11.7. The van der Waals surface area contributed by atoms with Crippen LogP contribution in [-0.2, 0) is 0 Å². The second-order valence-corrected chi connectivity index (χ2v) is 4.90. The number of carboxylic acid groups (broad SMARTS) is 1. The van der Waals surface area contributed by atoms with Gasteiger partial charge in [-0.1, -0.05) is 38.8 Å². The molecule has 0 aliphatic carbocycles. The van der Waals surface area contributed by atoms with E-state index in [1.54, 1.807) is 0 Å². The highest BCUT2D eigenvalue weighted by Crippen LogP contribution is 2.13. The number of alkyl halides is 3. The van der Waals surface area contributed by atoms with Crippen LogP contribution in [0.3, 0.4) is 0 Å². The average Bonchev–Trinajstić information content (AvgIpc) is 1.56. The highest BCUT2D eigenvalue weighted by molar-refractivity contribution is 9.18. The fourth-order valence-electron chi connectivity index (χ4n) is 0.246. The molecule has 6 heteroatoms. The van der Waals surface area contributed by atoms with Crippen LogP contribution in [0.1, 0.15) is 13.3 Å². The van der Waals surface area contributed by atoms with E-state index in [9.17, 15) is 4.39 Å². The van der Waals surface area contributed by atoms with Crippen molar-refractivity contribution in [1.82, 2.24) is 0 Å². The lowest BCUT2D eigenvalue weighted by Crippen LogP contribution is -1.96. The number of carbonyl (C=O) groups is 1. The molecule has 0 spiro atoms. The summed E-state index contributed by atoms with van der Waals surface area (Å²) in [5, 5.41) is 6.47. The lowest BCUT2D eigenvalue weighted by atomic mass is 10.4. The van der Waals surface area contributed by atoms with Crippen molar-refractivity contribution in [3.05, 3.63) is 0 Å². The Morgan fingerprint density at radius 3 is 1.91 bits per heavy atom. The number of halogens is 4. The fraction of sp³-hybridized carbons (Fsp3) is 0.800. The van der Waals surface area contributed by atoms with Gasteiger partial charge in [-0.15, -0.1) is 0 Å². The summed E-state index contributed by atoms with van der Waals surface area (Å²) in [6.07, 6.45) is 0.528. The van der Waals surface area contributed by atoms with E-state index in [4.69, 9.17) is 9.90 Å². The van der Waals surface area contributed by atoms with Gasteiger partial charge in [0.1, 0.15) is 0 Å². The van der Waals surface area contributed by atoms with Gasteiger partial charge in [-0.25, -0.2) is 9.18 Å². The number of rotatable bonds is 2. The summed E-state index contributed by atoms with van der Waals surface area (Å²) in [7, 11) is 0. The summed E-state index contributed by atoms with van der Waals surface area (Å²) in [4.78, 5) is 8.16. The quantitative estimate of drug-likeness (QED) is 0.600. The van der Waals surface area contributed by atoms with E-state index in [1.807, 2.05) is 6.92 Å². The molecule has 2 atom stereocenters. The van der Waals surface area contributed by atoms with Crippen LogP contribution in [-0.4, -0.2) is 19.9 Å². The zero-order chi connectivity index (χ0) is 9.44. The van der Waals surface area contributed by atoms with Crippen LogP contribution in [0.4, 0.5) is 9.18 Å². The first-order valence-electron chi connectivity index (χ1n) is 2.67. The molecular formula is C5H8Br3FO2. The minimum atomic E-state index is -1.02. The van der Waals surface area contributed by atoms with Crippen LogP contribution < -0.4 is 0 Å². The van der Waals surface area contributed by atoms with Crippen molar-refractivity contribution in [2.45, 2.75) is 23.3 Å². The van der Waals surface area contributed by atoms with E-state index in [1.165, 1.54) is 0 Å². The standard InChI is InChI=1S/C4H7Br2F.CHBrO2/c1-3(5)2-4(6)7;2-1(3)4/h3-4H,2H2,1H3;(H,3,4). The van der Waals surface area contributed by atoms with Crippen LogP contribution in [0.5, 0.6) is 0 Å². The molecule has 0 radical (unpaired) electrons. The molecule has 0 amide bonds. The van der Waals surface area contributed by atoms with Crippen LogP contribution >= 0.6 is 47.8 Å². The molecule has 0 heterocycles. The molecule has 2 nitrogen and oxygen atoms in total. The molecule has 1 N–H and O–H groups in total. The van der Waals surface area contributed by atoms with Crippen molar-refractivity contribution < 1.29 is 14.3 Å². The minimum absolute atomic E-state index is 0.266. The topological polar surface area (TPSA) is 37.3 Å². The van der Waals surface area contributed by atoms with Crippen molar-refractivity contribution in [3.63, 3.8) is 0 Å². The monoisotopic (exact) mass is 356 g/mol. The van der Waals surface area contributed by atoms with Crippen molar-refractivity contribution in [3.8, 4) is 0 Å². The summed E-state index contributed by atoms with van der Waals surface area (Å²) in [5.41, 5.74) is 0. The predicted octanol–water partition coefficient (Wildman–Crippen LogP) is 3.91. The Morgan fingerprint density at radius 2 is 1.91 bits per heavy atom. The smallest absolute Gasteiger partial charge is 0.372 e. The first-order valence-corrected chi connectivity index (χ1v) is 5.29. The Bertz CT molecular complexity index is 97.9. The molecule has 11 heavy (non-hydrogen) atoms. The fourth-order valence-corrected chi connectivity index (χ4v) is 1.64. The van der Waals surface area contributed by atoms with Gasteiger partial charge in [0.25, 0.3) is 0 Å². The summed E-state index contributed by atoms with van der Waals surface area (Å²) in [6.45, 7) is 1.91. The molecule has 2 unspecified atom stereocenters. The number of hydrogen-bond donors (Lipinski definition) is 1. The van der Waals surface area contributed by atoms with E-state index >= 15 is 0 Å². The molecule has 0 saturated carbocycles. The minimum Gasteiger partial charge on any atom is -0.473 e. The maximum atomic E-state index is 11.8. The highest BCUT2D eigenvalue weighted by atomic mass is 79.9. The van der Waals surface area contributed by atoms with Gasteiger partial charge in [0, 0.05) is 27.2 Å². The Morgan fingerprint density at radius 1 is 1.64 bits per heavy atom. The molecule has 0 aliphatic heterocycles. The van der Waals surface area contributed by atoms with Crippen molar-refractivity contribution in [2.24, 2.45) is 0 Å². The Balaban J connectivity index is 0. The first kappa shape index (κ1) is 14.4. The van der Waals surface area contributed by atoms with Crippen molar-refractivity contribution in [2.75, 3.05) is 0 Å². The van der Waals surface area contributed by atoms with E-state index in [2.05, 4.69) is 47.8 Å². The normalized spacial score (nSPS) is 14.3. The molecule has 0 aromatic carbocycles. The molecule has 0 bridgehead atoms. The maximum Gasteiger partial charge on any atom is 0.372 e. The summed E-state index contributed by atoms with van der Waals surface area (Å²) in [5.74, 6) is 0. The van der Waals surface area contributed by atoms with Gasteiger partial charge in [-0.2, -0.15) is 0 Å². The van der Waals surface area contributed by atoms with Crippen LogP contribution in [0, 0.1) is 0 Å². The third-order valence-electron chi connectivity index (χ3n) is 0.503. The molecule has 0 fully saturated rings. The second-order valence-electron chi connectivity index (χ2n) is 1.66. The zero-order valence-electron chi connectivity index (χ0n) is 5.73. The second kappa shape index (κ2) is 8.93. The lowest BCUT2D eigenvalue weighted by Gasteiger charge is -1.99. The largest absolute Gasteiger partial charge is 0.473 e. The van der Waals surface area contributed by atoms with Crippen LogP contribution in [0.25, 0.3) is 0 Å². The van der Waals surface area contributed by atoms with Gasteiger partial charge in [0.15, 0.2) is 5.08 Å². The van der Waals surface area contributed by atoms with Gasteiger partial charge in [0.2, 0.25) is 0 Å². The van der Waals surface area contributed by atoms with E-state index in [-0.39, 0.29) is 4.83 Å². The van der Waals surface area contributed by atoms with E-state index in [0.717, 1.165) is 0 Å². The Hall–Kier alpha value is 0.840. The van der Waals surface area contributed by atoms with E-state index < -0.39 is 9.96 Å². The molecule has 0 rings (SSSR count). The molecule has 0 saturated heterocycles. The first-order chi connectivity index (χ1) is 4.86. The third kappa shape index (κ3) is 36.2. The maximum absolute atomic E-state index is 11.8. The predicted molar refractivity (Wildman–Crippen MR) is 53.8 cm³/mol. The SMILES string of the molecule is CC(Br)CC(F)Br.O=C(O)Br. The molecule has 0 aromatic heterocycles. The van der Waals surface area contributed by atoms with Crippen molar-refractivity contribution in [1.29, 1.82) is 0 Å². The summed E-state index contributed by atoms with van der Waals surface area (Å²) < 4.78 is 11.8. The molecule has 0 aromatic rings. The van der Waals surface area contributed by atoms with Gasteiger partial charge >= 0.3 is 4.88 Å². The summed E-state index contributed by atoms with van der Waals surface area (Å²) >= 11 is 8.17. The molecular weight excluding hydrogens is 351 g/mol. The van der Waals surface area contributed by atoms with Gasteiger partial charge in [-0.05, 0) is 0 Å². The van der Waals surface area contributed by atoms with Gasteiger partial charge < -0.3 is 5.11 Å². The highest BCUT2D eigenvalue weighted by Gasteiger charge is 2.02.